The van der Waals surface area contributed by atoms with E-state index in [-0.39, 0.29) is 5.91 Å². The lowest BCUT2D eigenvalue weighted by Crippen LogP contribution is -2.45. The van der Waals surface area contributed by atoms with E-state index in [1.807, 2.05) is 12.1 Å². The maximum absolute atomic E-state index is 12.4. The van der Waals surface area contributed by atoms with E-state index in [4.69, 9.17) is 23.2 Å². The van der Waals surface area contributed by atoms with E-state index in [0.29, 0.717) is 27.5 Å². The van der Waals surface area contributed by atoms with E-state index < -0.39 is 0 Å². The molecule has 1 N–H and O–H groups in total. The summed E-state index contributed by atoms with van der Waals surface area (Å²) in [6.07, 6.45) is 2.26. The SMILES string of the molecule is CN1CC2CC1CN2CCCNC(=O)c1sc2cc(Cl)ccc2c1Cl. The van der Waals surface area contributed by atoms with Crippen LogP contribution in [-0.2, 0) is 0 Å². The summed E-state index contributed by atoms with van der Waals surface area (Å²) < 4.78 is 0.944. The van der Waals surface area contributed by atoms with E-state index in [9.17, 15) is 4.79 Å². The second kappa shape index (κ2) is 7.05. The molecule has 1 aromatic heterocycles. The number of benzene rings is 1. The monoisotopic (exact) mass is 397 g/mol. The topological polar surface area (TPSA) is 35.6 Å². The first-order valence-corrected chi connectivity index (χ1v) is 10.2. The van der Waals surface area contributed by atoms with Crippen molar-refractivity contribution in [2.45, 2.75) is 24.9 Å². The van der Waals surface area contributed by atoms with Gasteiger partial charge in [-0.1, -0.05) is 29.3 Å². The van der Waals surface area contributed by atoms with Gasteiger partial charge in [-0.15, -0.1) is 11.3 Å². The smallest absolute Gasteiger partial charge is 0.262 e. The number of hydrogen-bond acceptors (Lipinski definition) is 4. The molecule has 0 spiro atoms. The summed E-state index contributed by atoms with van der Waals surface area (Å²) in [5, 5.41) is 5.07. The molecule has 4 nitrogen and oxygen atoms in total. The van der Waals surface area contributed by atoms with Gasteiger partial charge in [-0.25, -0.2) is 0 Å². The van der Waals surface area contributed by atoms with Crippen LogP contribution in [0.4, 0.5) is 0 Å². The summed E-state index contributed by atoms with van der Waals surface area (Å²) in [6.45, 7) is 4.06. The molecule has 3 heterocycles. The molecule has 7 heteroatoms. The molecule has 1 aromatic carbocycles. The lowest BCUT2D eigenvalue weighted by Gasteiger charge is -2.31. The highest BCUT2D eigenvalue weighted by molar-refractivity contribution is 7.21. The molecule has 2 bridgehead atoms. The van der Waals surface area contributed by atoms with Gasteiger partial charge in [0.1, 0.15) is 4.88 Å². The second-order valence-electron chi connectivity index (χ2n) is 6.97. The Morgan fingerprint density at radius 2 is 2.16 bits per heavy atom. The number of likely N-dealkylation sites (tertiary alicyclic amines) is 2. The molecule has 134 valence electrons. The van der Waals surface area contributed by atoms with Crippen molar-refractivity contribution in [2.75, 3.05) is 33.2 Å². The normalized spacial score (nSPS) is 23.6. The highest BCUT2D eigenvalue weighted by Crippen LogP contribution is 2.36. The molecule has 2 aliphatic rings. The van der Waals surface area contributed by atoms with Crippen LogP contribution < -0.4 is 5.32 Å². The van der Waals surface area contributed by atoms with Crippen molar-refractivity contribution in [3.63, 3.8) is 0 Å². The van der Waals surface area contributed by atoms with Gasteiger partial charge in [-0.05, 0) is 32.0 Å². The van der Waals surface area contributed by atoms with Gasteiger partial charge in [0.25, 0.3) is 5.91 Å². The van der Waals surface area contributed by atoms with Gasteiger partial charge in [-0.2, -0.15) is 0 Å². The minimum absolute atomic E-state index is 0.0926. The Morgan fingerprint density at radius 1 is 1.32 bits per heavy atom. The molecule has 0 saturated carbocycles. The molecule has 4 rings (SSSR count). The van der Waals surface area contributed by atoms with Crippen LogP contribution in [-0.4, -0.2) is 61.0 Å². The predicted octanol–water partition coefficient (Wildman–Crippen LogP) is 3.72. The molecule has 25 heavy (non-hydrogen) atoms. The highest BCUT2D eigenvalue weighted by Gasteiger charge is 2.40. The summed E-state index contributed by atoms with van der Waals surface area (Å²) in [5.74, 6) is -0.0926. The maximum atomic E-state index is 12.4. The molecular formula is C18H21Cl2N3OS. The number of thiophene rings is 1. The molecular weight excluding hydrogens is 377 g/mol. The Hall–Kier alpha value is -0.850. The van der Waals surface area contributed by atoms with Gasteiger partial charge in [0.05, 0.1) is 5.02 Å². The fourth-order valence-electron chi connectivity index (χ4n) is 3.97. The minimum Gasteiger partial charge on any atom is -0.351 e. The first-order valence-electron chi connectivity index (χ1n) is 8.63. The van der Waals surface area contributed by atoms with Crippen molar-refractivity contribution in [1.29, 1.82) is 0 Å². The average Bonchev–Trinajstić information content (AvgIpc) is 3.23. The van der Waals surface area contributed by atoms with Crippen molar-refractivity contribution in [1.82, 2.24) is 15.1 Å². The lowest BCUT2D eigenvalue weighted by atomic mass is 10.2. The third-order valence-electron chi connectivity index (χ3n) is 5.33. The number of carbonyl (C=O) groups is 1. The summed E-state index contributed by atoms with van der Waals surface area (Å²) in [5.41, 5.74) is 0. The van der Waals surface area contributed by atoms with Crippen LogP contribution in [0.5, 0.6) is 0 Å². The van der Waals surface area contributed by atoms with Gasteiger partial charge >= 0.3 is 0 Å². The molecule has 2 atom stereocenters. The number of nitrogens with one attached hydrogen (secondary N) is 1. The zero-order chi connectivity index (χ0) is 17.6. The number of fused-ring (bicyclic) bond motifs is 3. The summed E-state index contributed by atoms with van der Waals surface area (Å²) >= 11 is 13.8. The highest BCUT2D eigenvalue weighted by atomic mass is 35.5. The molecule has 2 unspecified atom stereocenters. The van der Waals surface area contributed by atoms with Crippen LogP contribution in [0.3, 0.4) is 0 Å². The van der Waals surface area contributed by atoms with Crippen molar-refractivity contribution in [2.24, 2.45) is 0 Å². The van der Waals surface area contributed by atoms with E-state index >= 15 is 0 Å². The number of carbonyl (C=O) groups excluding carboxylic acids is 1. The molecule has 2 aromatic rings. The number of hydrogen-bond donors (Lipinski definition) is 1. The van der Waals surface area contributed by atoms with Crippen LogP contribution in [0, 0.1) is 0 Å². The number of likely N-dealkylation sites (N-methyl/N-ethyl adjacent to an activating group) is 1. The fourth-order valence-corrected chi connectivity index (χ4v) is 5.68. The largest absolute Gasteiger partial charge is 0.351 e. The number of rotatable bonds is 5. The molecule has 0 aliphatic carbocycles. The van der Waals surface area contributed by atoms with Crippen LogP contribution in [0.25, 0.3) is 10.1 Å². The van der Waals surface area contributed by atoms with Gasteiger partial charge in [-0.3, -0.25) is 9.69 Å². The van der Waals surface area contributed by atoms with Crippen LogP contribution >= 0.6 is 34.5 Å². The maximum Gasteiger partial charge on any atom is 0.262 e. The number of piperazine rings is 1. The molecule has 0 radical (unpaired) electrons. The Labute approximate surface area is 161 Å². The summed E-state index contributed by atoms with van der Waals surface area (Å²) in [7, 11) is 2.21. The molecule has 2 saturated heterocycles. The second-order valence-corrected chi connectivity index (χ2v) is 8.84. The van der Waals surface area contributed by atoms with Crippen molar-refractivity contribution < 1.29 is 4.79 Å². The number of amides is 1. The van der Waals surface area contributed by atoms with E-state index in [1.165, 1.54) is 24.3 Å². The zero-order valence-electron chi connectivity index (χ0n) is 14.1. The first kappa shape index (κ1) is 17.6. The van der Waals surface area contributed by atoms with Crippen molar-refractivity contribution >= 4 is 50.5 Å². The lowest BCUT2D eigenvalue weighted by molar-refractivity contribution is 0.0953. The fraction of sp³-hybridized carbons (Fsp3) is 0.500. The average molecular weight is 398 g/mol. The number of nitrogens with zero attached hydrogens (tertiary/aromatic N) is 2. The summed E-state index contributed by atoms with van der Waals surface area (Å²) in [4.78, 5) is 18.0. The van der Waals surface area contributed by atoms with Crippen LogP contribution in [0.15, 0.2) is 18.2 Å². The van der Waals surface area contributed by atoms with Gasteiger partial charge in [0, 0.05) is 53.4 Å². The Kier molecular flexibility index (Phi) is 4.95. The van der Waals surface area contributed by atoms with Gasteiger partial charge in [0.15, 0.2) is 0 Å². The molecule has 2 fully saturated rings. The predicted molar refractivity (Wildman–Crippen MR) is 105 cm³/mol. The van der Waals surface area contributed by atoms with Crippen LogP contribution in [0.2, 0.25) is 10.0 Å². The molecule has 1 amide bonds. The Balaban J connectivity index is 1.30. The van der Waals surface area contributed by atoms with Gasteiger partial charge in [0.2, 0.25) is 0 Å². The van der Waals surface area contributed by atoms with Crippen molar-refractivity contribution in [3.8, 4) is 0 Å². The Morgan fingerprint density at radius 3 is 2.88 bits per heavy atom. The van der Waals surface area contributed by atoms with Gasteiger partial charge < -0.3 is 10.2 Å². The Bertz CT molecular complexity index is 807. The van der Waals surface area contributed by atoms with E-state index in [2.05, 4.69) is 22.2 Å². The number of halogens is 2. The van der Waals surface area contributed by atoms with E-state index in [0.717, 1.165) is 35.6 Å². The quantitative estimate of drug-likeness (QED) is 0.780. The summed E-state index contributed by atoms with van der Waals surface area (Å²) in [6, 6.07) is 6.94. The minimum atomic E-state index is -0.0926. The first-order chi connectivity index (χ1) is 12.0. The standard InChI is InChI=1S/C18H21Cl2N3OS/c1-22-9-13-8-12(22)10-23(13)6-2-5-21-18(24)17-16(20)14-4-3-11(19)7-15(14)25-17/h3-4,7,12-13H,2,5-6,8-10H2,1H3,(H,21,24). The zero-order valence-corrected chi connectivity index (χ0v) is 16.4. The third-order valence-corrected chi connectivity index (χ3v) is 7.22. The van der Waals surface area contributed by atoms with E-state index in [1.54, 1.807) is 6.07 Å². The molecule has 2 aliphatic heterocycles. The third kappa shape index (κ3) is 3.40. The van der Waals surface area contributed by atoms with Crippen molar-refractivity contribution in [3.05, 3.63) is 33.1 Å². The van der Waals surface area contributed by atoms with Crippen LogP contribution in [0.1, 0.15) is 22.5 Å².